The number of fused-ring (bicyclic) bond motifs is 7. The molecule has 1 N–H and O–H groups in total. The second-order valence-corrected chi connectivity index (χ2v) is 18.0. The Bertz CT molecular complexity index is 892. The molecule has 2 nitrogen and oxygen atoms in total. The molecule has 9 atom stereocenters. The zero-order chi connectivity index (χ0) is 30.8. The van der Waals surface area contributed by atoms with Crippen LogP contribution in [0.15, 0.2) is 0 Å². The summed E-state index contributed by atoms with van der Waals surface area (Å²) in [6, 6.07) is 0. The molecule has 5 aliphatic carbocycles. The Kier molecular flexibility index (Phi) is 11.0. The lowest BCUT2D eigenvalue weighted by molar-refractivity contribution is -0.236. The maximum atomic E-state index is 10.2. The Labute approximate surface area is 262 Å². The summed E-state index contributed by atoms with van der Waals surface area (Å²) in [5, 5.41) is 8.39. The van der Waals surface area contributed by atoms with Crippen molar-refractivity contribution in [3.05, 3.63) is 0 Å². The van der Waals surface area contributed by atoms with E-state index in [0.717, 1.165) is 42.4 Å². The normalized spacial score (nSPS) is 43.7. The average molecular weight is 585 g/mol. The van der Waals surface area contributed by atoms with Gasteiger partial charge in [-0.1, -0.05) is 113 Å². The van der Waals surface area contributed by atoms with Gasteiger partial charge in [-0.3, -0.25) is 4.79 Å². The molecule has 244 valence electrons. The van der Waals surface area contributed by atoms with E-state index in [4.69, 9.17) is 5.11 Å². The summed E-state index contributed by atoms with van der Waals surface area (Å²) in [5.74, 6) is 4.33. The molecule has 0 amide bonds. The fraction of sp³-hybridized carbons (Fsp3) is 0.975. The highest BCUT2D eigenvalue weighted by Gasteiger charge is 2.69. The van der Waals surface area contributed by atoms with Gasteiger partial charge in [-0.15, -0.1) is 0 Å². The van der Waals surface area contributed by atoms with Crippen LogP contribution >= 0.6 is 0 Å². The highest BCUT2D eigenvalue weighted by atomic mass is 16.4. The van der Waals surface area contributed by atoms with Gasteiger partial charge in [-0.25, -0.2) is 0 Å². The summed E-state index contributed by atoms with van der Waals surface area (Å²) in [6.45, 7) is 21.0. The van der Waals surface area contributed by atoms with Crippen LogP contribution in [0.4, 0.5) is 0 Å². The Hall–Kier alpha value is -0.530. The highest BCUT2D eigenvalue weighted by molar-refractivity contribution is 5.66. The molecule has 0 bridgehead atoms. The molecular weight excluding hydrogens is 512 g/mol. The van der Waals surface area contributed by atoms with Gasteiger partial charge >= 0.3 is 5.97 Å². The van der Waals surface area contributed by atoms with Crippen LogP contribution in [0, 0.1) is 56.7 Å². The number of unbranched alkanes of at least 4 members (excludes halogenated alkanes) is 7. The molecule has 0 unspecified atom stereocenters. The number of rotatable bonds is 10. The van der Waals surface area contributed by atoms with Gasteiger partial charge < -0.3 is 5.11 Å². The summed E-state index contributed by atoms with van der Waals surface area (Å²) in [7, 11) is 0. The molecule has 0 radical (unpaired) electrons. The molecule has 2 heteroatoms. The van der Waals surface area contributed by atoms with Crippen molar-refractivity contribution < 1.29 is 9.90 Å². The number of hydrogen-bond acceptors (Lipinski definition) is 1. The first-order chi connectivity index (χ1) is 19.8. The van der Waals surface area contributed by atoms with Gasteiger partial charge in [0.25, 0.3) is 0 Å². The fourth-order valence-electron chi connectivity index (χ4n) is 13.1. The van der Waals surface area contributed by atoms with E-state index in [1.54, 1.807) is 12.8 Å². The van der Waals surface area contributed by atoms with Gasteiger partial charge in [-0.2, -0.15) is 0 Å². The minimum Gasteiger partial charge on any atom is -0.481 e. The average Bonchev–Trinajstić information content (AvgIpc) is 3.27. The molecule has 5 rings (SSSR count). The van der Waals surface area contributed by atoms with Crippen LogP contribution in [-0.4, -0.2) is 11.1 Å². The highest BCUT2D eigenvalue weighted by Crippen LogP contribution is 2.77. The molecule has 0 heterocycles. The molecular formula is C40H72O2. The largest absolute Gasteiger partial charge is 0.481 e. The third kappa shape index (κ3) is 6.28. The maximum absolute atomic E-state index is 10.2. The number of carbonyl (C=O) groups is 1. The number of aliphatic carboxylic acids is 1. The van der Waals surface area contributed by atoms with Crippen LogP contribution in [0.1, 0.15) is 190 Å². The zero-order valence-electron chi connectivity index (χ0n) is 29.6. The zero-order valence-corrected chi connectivity index (χ0v) is 29.6. The van der Waals surface area contributed by atoms with Crippen LogP contribution in [0.5, 0.6) is 0 Å². The second kappa shape index (κ2) is 13.4. The lowest BCUT2D eigenvalue weighted by atomic mass is 9.32. The Balaban J connectivity index is 0.000000266. The number of carboxylic acids is 1. The number of carboxylic acid groups (broad SMARTS) is 1. The van der Waals surface area contributed by atoms with Gasteiger partial charge in [0.05, 0.1) is 0 Å². The third-order valence-electron chi connectivity index (χ3n) is 15.5. The summed E-state index contributed by atoms with van der Waals surface area (Å²) >= 11 is 0. The van der Waals surface area contributed by atoms with E-state index in [-0.39, 0.29) is 0 Å². The first kappa shape index (κ1) is 34.3. The molecule has 0 aromatic rings. The third-order valence-corrected chi connectivity index (χ3v) is 15.5. The standard InChI is InChI=1S/C29H50.C11H22O2/c1-8-20-12-16-26(4)18-19-28(6)21(24(20)26)10-11-23-27(5)15-9-14-25(2,3)22(27)13-17-29(23,28)7;1-2-3-4-5-6-7-8-9-10-11(12)13/h20-24H,8-19H2,1-7H3;2-10H2,1H3,(H,12,13)/t20-,21-,22+,23-,24-,26-,27+,28-,29-;/m1./s1. The van der Waals surface area contributed by atoms with E-state index >= 15 is 0 Å². The minimum atomic E-state index is -0.661. The molecule has 42 heavy (non-hydrogen) atoms. The van der Waals surface area contributed by atoms with Gasteiger partial charge in [0.2, 0.25) is 0 Å². The van der Waals surface area contributed by atoms with Crippen molar-refractivity contribution in [2.45, 2.75) is 190 Å². The van der Waals surface area contributed by atoms with E-state index in [2.05, 4.69) is 55.4 Å². The van der Waals surface area contributed by atoms with Crippen LogP contribution < -0.4 is 0 Å². The molecule has 0 aliphatic heterocycles. The molecule has 0 spiro atoms. The van der Waals surface area contributed by atoms with Crippen molar-refractivity contribution in [2.75, 3.05) is 0 Å². The SMILES string of the molecule is CCCCCCCCCCC(=O)O.CC[C@@H]1CC[C@]2(C)CC[C@]3(C)[C@H](CC[C@@H]4[C@@]5(C)CCCC(C)(C)[C@@H]5CC[C@]43C)[C@@H]12. The van der Waals surface area contributed by atoms with Gasteiger partial charge in [0.15, 0.2) is 0 Å². The van der Waals surface area contributed by atoms with Crippen LogP contribution in [0.25, 0.3) is 0 Å². The van der Waals surface area contributed by atoms with Crippen molar-refractivity contribution in [3.63, 3.8) is 0 Å². The monoisotopic (exact) mass is 585 g/mol. The molecule has 5 fully saturated rings. The van der Waals surface area contributed by atoms with Gasteiger partial charge in [0.1, 0.15) is 0 Å². The Morgan fingerprint density at radius 1 is 0.667 bits per heavy atom. The molecule has 0 aromatic carbocycles. The Morgan fingerprint density at radius 2 is 1.33 bits per heavy atom. The quantitative estimate of drug-likeness (QED) is 0.259. The summed E-state index contributed by atoms with van der Waals surface area (Å²) in [4.78, 5) is 10.2. The van der Waals surface area contributed by atoms with E-state index in [0.29, 0.717) is 33.5 Å². The Morgan fingerprint density at radius 3 is 1.98 bits per heavy atom. The van der Waals surface area contributed by atoms with Crippen LogP contribution in [0.2, 0.25) is 0 Å². The lowest BCUT2D eigenvalue weighted by Gasteiger charge is -2.72. The van der Waals surface area contributed by atoms with Gasteiger partial charge in [0, 0.05) is 6.42 Å². The lowest BCUT2D eigenvalue weighted by Crippen LogP contribution is -2.65. The first-order valence-electron chi connectivity index (χ1n) is 19.0. The van der Waals surface area contributed by atoms with Crippen molar-refractivity contribution in [3.8, 4) is 0 Å². The van der Waals surface area contributed by atoms with E-state index < -0.39 is 5.97 Å². The van der Waals surface area contributed by atoms with E-state index in [1.165, 1.54) is 103 Å². The van der Waals surface area contributed by atoms with Crippen molar-refractivity contribution in [1.29, 1.82) is 0 Å². The van der Waals surface area contributed by atoms with Crippen LogP contribution in [-0.2, 0) is 4.79 Å². The maximum Gasteiger partial charge on any atom is 0.303 e. The predicted molar refractivity (Wildman–Crippen MR) is 180 cm³/mol. The summed E-state index contributed by atoms with van der Waals surface area (Å²) in [5.41, 5.74) is 3.01. The summed E-state index contributed by atoms with van der Waals surface area (Å²) < 4.78 is 0. The van der Waals surface area contributed by atoms with Crippen molar-refractivity contribution in [1.82, 2.24) is 0 Å². The van der Waals surface area contributed by atoms with Crippen molar-refractivity contribution in [2.24, 2.45) is 56.7 Å². The number of hydrogen-bond donors (Lipinski definition) is 1. The fourth-order valence-corrected chi connectivity index (χ4v) is 13.1. The van der Waals surface area contributed by atoms with E-state index in [1.807, 2.05) is 0 Å². The van der Waals surface area contributed by atoms with Crippen LogP contribution in [0.3, 0.4) is 0 Å². The first-order valence-corrected chi connectivity index (χ1v) is 19.0. The molecule has 0 aromatic heterocycles. The molecule has 5 saturated carbocycles. The second-order valence-electron chi connectivity index (χ2n) is 18.0. The molecule has 5 aliphatic rings. The smallest absolute Gasteiger partial charge is 0.303 e. The predicted octanol–water partition coefficient (Wildman–Crippen LogP) is 12.5. The van der Waals surface area contributed by atoms with Crippen molar-refractivity contribution >= 4 is 5.97 Å². The summed E-state index contributed by atoms with van der Waals surface area (Å²) in [6.07, 6.45) is 28.2. The molecule has 0 saturated heterocycles. The topological polar surface area (TPSA) is 37.3 Å². The minimum absolute atomic E-state index is 0.342. The van der Waals surface area contributed by atoms with E-state index in [9.17, 15) is 4.79 Å². The van der Waals surface area contributed by atoms with Gasteiger partial charge in [-0.05, 0) is 127 Å².